The number of benzene rings is 1. The average molecular weight is 282 g/mol. The summed E-state index contributed by atoms with van der Waals surface area (Å²) in [6.07, 6.45) is 4.42. The van der Waals surface area contributed by atoms with Crippen molar-refractivity contribution < 1.29 is 0 Å². The minimum Gasteiger partial charge on any atom is -0.392 e. The molecule has 0 aromatic heterocycles. The standard InChI is InChI=1S/C14H22N2S2/c1-4-5-10-16(2)13(14(15)17)11-6-8-12(18-3)9-7-11/h6-9,13H,4-5,10H2,1-3H3,(H2,15,17). The van der Waals surface area contributed by atoms with Gasteiger partial charge in [-0.1, -0.05) is 37.7 Å². The largest absolute Gasteiger partial charge is 0.392 e. The highest BCUT2D eigenvalue weighted by Crippen LogP contribution is 2.23. The monoisotopic (exact) mass is 282 g/mol. The van der Waals surface area contributed by atoms with Gasteiger partial charge in [0.15, 0.2) is 0 Å². The molecule has 0 spiro atoms. The highest BCUT2D eigenvalue weighted by molar-refractivity contribution is 7.98. The summed E-state index contributed by atoms with van der Waals surface area (Å²) in [6.45, 7) is 3.21. The summed E-state index contributed by atoms with van der Waals surface area (Å²) in [5.41, 5.74) is 7.08. The molecule has 1 atom stereocenters. The Morgan fingerprint density at radius 3 is 2.44 bits per heavy atom. The summed E-state index contributed by atoms with van der Waals surface area (Å²) in [4.78, 5) is 4.04. The summed E-state index contributed by atoms with van der Waals surface area (Å²) >= 11 is 6.96. The Hall–Kier alpha value is -0.580. The van der Waals surface area contributed by atoms with Gasteiger partial charge in [-0.25, -0.2) is 0 Å². The van der Waals surface area contributed by atoms with Crippen LogP contribution < -0.4 is 5.73 Å². The fraction of sp³-hybridized carbons (Fsp3) is 0.500. The minimum absolute atomic E-state index is 0.0439. The second kappa shape index (κ2) is 7.77. The molecule has 0 heterocycles. The maximum atomic E-state index is 5.90. The topological polar surface area (TPSA) is 29.3 Å². The van der Waals surface area contributed by atoms with Gasteiger partial charge in [-0.15, -0.1) is 11.8 Å². The molecule has 1 aromatic rings. The Kier molecular flexibility index (Phi) is 6.68. The smallest absolute Gasteiger partial charge is 0.0948 e. The van der Waals surface area contributed by atoms with Crippen molar-refractivity contribution in [2.75, 3.05) is 19.8 Å². The van der Waals surface area contributed by atoms with Crippen molar-refractivity contribution in [1.82, 2.24) is 4.90 Å². The molecule has 0 aliphatic carbocycles. The van der Waals surface area contributed by atoms with Crippen LogP contribution >= 0.6 is 24.0 Å². The lowest BCUT2D eigenvalue weighted by molar-refractivity contribution is 0.296. The number of thiocarbonyl (C=S) groups is 1. The molecule has 2 N–H and O–H groups in total. The molecule has 0 bridgehead atoms. The Balaban J connectivity index is 2.86. The van der Waals surface area contributed by atoms with Crippen molar-refractivity contribution in [3.63, 3.8) is 0 Å². The van der Waals surface area contributed by atoms with Crippen molar-refractivity contribution in [3.05, 3.63) is 29.8 Å². The zero-order valence-corrected chi connectivity index (χ0v) is 13.0. The molecule has 0 saturated carbocycles. The van der Waals surface area contributed by atoms with Crippen LogP contribution in [0.3, 0.4) is 0 Å². The van der Waals surface area contributed by atoms with E-state index in [9.17, 15) is 0 Å². The highest BCUT2D eigenvalue weighted by Gasteiger charge is 2.19. The van der Waals surface area contributed by atoms with E-state index in [1.165, 1.54) is 23.3 Å². The predicted octanol–water partition coefficient (Wildman–Crippen LogP) is 3.47. The summed E-state index contributed by atoms with van der Waals surface area (Å²) in [7, 11) is 2.09. The van der Waals surface area contributed by atoms with Crippen LogP contribution in [-0.2, 0) is 0 Å². The van der Waals surface area contributed by atoms with Crippen molar-refractivity contribution in [2.24, 2.45) is 5.73 Å². The third kappa shape index (κ3) is 4.26. The van der Waals surface area contributed by atoms with Crippen molar-refractivity contribution in [2.45, 2.75) is 30.7 Å². The third-order valence-corrected chi connectivity index (χ3v) is 3.97. The number of nitrogens with two attached hydrogens (primary N) is 1. The van der Waals surface area contributed by atoms with Gasteiger partial charge in [-0.2, -0.15) is 0 Å². The number of hydrogen-bond acceptors (Lipinski definition) is 3. The predicted molar refractivity (Wildman–Crippen MR) is 85.3 cm³/mol. The number of unbranched alkanes of at least 4 members (excludes halogenated alkanes) is 1. The number of thioether (sulfide) groups is 1. The summed E-state index contributed by atoms with van der Waals surface area (Å²) in [5.74, 6) is 0. The normalized spacial score (nSPS) is 12.7. The fourth-order valence-corrected chi connectivity index (χ4v) is 2.68. The number of nitrogens with zero attached hydrogens (tertiary/aromatic N) is 1. The number of likely N-dealkylation sites (N-methyl/N-ethyl adjacent to an activating group) is 1. The van der Waals surface area contributed by atoms with E-state index in [0.717, 1.165) is 6.54 Å². The van der Waals surface area contributed by atoms with Gasteiger partial charge < -0.3 is 5.73 Å². The van der Waals surface area contributed by atoms with Crippen LogP contribution in [0.4, 0.5) is 0 Å². The van der Waals surface area contributed by atoms with Gasteiger partial charge in [0, 0.05) is 4.90 Å². The maximum Gasteiger partial charge on any atom is 0.0948 e. The molecule has 1 unspecified atom stereocenters. The van der Waals surface area contributed by atoms with E-state index < -0.39 is 0 Å². The molecule has 2 nitrogen and oxygen atoms in total. The number of rotatable bonds is 7. The molecule has 18 heavy (non-hydrogen) atoms. The van der Waals surface area contributed by atoms with E-state index in [1.54, 1.807) is 11.8 Å². The second-order valence-corrected chi connectivity index (χ2v) is 5.76. The average Bonchev–Trinajstić information content (AvgIpc) is 2.37. The molecule has 1 rings (SSSR count). The van der Waals surface area contributed by atoms with E-state index in [4.69, 9.17) is 18.0 Å². The minimum atomic E-state index is 0.0439. The third-order valence-electron chi connectivity index (χ3n) is 3.01. The van der Waals surface area contributed by atoms with Crippen LogP contribution in [0.15, 0.2) is 29.2 Å². The molecule has 4 heteroatoms. The Bertz CT molecular complexity index is 376. The summed E-state index contributed by atoms with van der Waals surface area (Å²) < 4.78 is 0. The van der Waals surface area contributed by atoms with E-state index in [-0.39, 0.29) is 6.04 Å². The van der Waals surface area contributed by atoms with E-state index in [1.807, 2.05) is 0 Å². The van der Waals surface area contributed by atoms with Gasteiger partial charge in [-0.05, 0) is 44.0 Å². The van der Waals surface area contributed by atoms with Crippen molar-refractivity contribution >= 4 is 29.0 Å². The van der Waals surface area contributed by atoms with Crippen LogP contribution in [0.5, 0.6) is 0 Å². The molecule has 1 aromatic carbocycles. The quantitative estimate of drug-likeness (QED) is 0.612. The SMILES string of the molecule is CCCCN(C)C(C(N)=S)c1ccc(SC)cc1. The lowest BCUT2D eigenvalue weighted by atomic mass is 10.1. The van der Waals surface area contributed by atoms with Gasteiger partial charge >= 0.3 is 0 Å². The van der Waals surface area contributed by atoms with Gasteiger partial charge in [0.2, 0.25) is 0 Å². The molecule has 0 aliphatic heterocycles. The maximum absolute atomic E-state index is 5.90. The van der Waals surface area contributed by atoms with Crippen LogP contribution in [0.2, 0.25) is 0 Å². The first kappa shape index (κ1) is 15.5. The zero-order valence-electron chi connectivity index (χ0n) is 11.3. The molecule has 0 saturated heterocycles. The van der Waals surface area contributed by atoms with Gasteiger partial charge in [-0.3, -0.25) is 4.90 Å². The van der Waals surface area contributed by atoms with E-state index in [2.05, 4.69) is 49.4 Å². The van der Waals surface area contributed by atoms with Crippen LogP contribution in [0, 0.1) is 0 Å². The first-order valence-electron chi connectivity index (χ1n) is 6.23. The molecule has 0 radical (unpaired) electrons. The molecule has 100 valence electrons. The van der Waals surface area contributed by atoms with Crippen LogP contribution in [-0.4, -0.2) is 29.7 Å². The van der Waals surface area contributed by atoms with Crippen LogP contribution in [0.1, 0.15) is 31.4 Å². The van der Waals surface area contributed by atoms with Gasteiger partial charge in [0.25, 0.3) is 0 Å². The Morgan fingerprint density at radius 1 is 1.39 bits per heavy atom. The lowest BCUT2D eigenvalue weighted by Crippen LogP contribution is -2.34. The fourth-order valence-electron chi connectivity index (χ4n) is 1.96. The second-order valence-electron chi connectivity index (χ2n) is 4.41. The van der Waals surface area contributed by atoms with Crippen LogP contribution in [0.25, 0.3) is 0 Å². The van der Waals surface area contributed by atoms with E-state index in [0.29, 0.717) is 4.99 Å². The zero-order chi connectivity index (χ0) is 13.5. The molecule has 0 fully saturated rings. The lowest BCUT2D eigenvalue weighted by Gasteiger charge is -2.27. The van der Waals surface area contributed by atoms with Crippen molar-refractivity contribution in [1.29, 1.82) is 0 Å². The molecular weight excluding hydrogens is 260 g/mol. The van der Waals surface area contributed by atoms with Gasteiger partial charge in [0.1, 0.15) is 0 Å². The van der Waals surface area contributed by atoms with Crippen molar-refractivity contribution in [3.8, 4) is 0 Å². The molecule has 0 aliphatic rings. The highest BCUT2D eigenvalue weighted by atomic mass is 32.2. The molecule has 0 amide bonds. The van der Waals surface area contributed by atoms with Gasteiger partial charge in [0.05, 0.1) is 11.0 Å². The molecular formula is C14H22N2S2. The first-order chi connectivity index (χ1) is 8.60. The first-order valence-corrected chi connectivity index (χ1v) is 7.87. The Labute approximate surface area is 120 Å². The van der Waals surface area contributed by atoms with E-state index >= 15 is 0 Å². The summed E-state index contributed by atoms with van der Waals surface area (Å²) in [6, 6.07) is 8.54. The Morgan fingerprint density at radius 2 is 2.00 bits per heavy atom. The number of hydrogen-bond donors (Lipinski definition) is 1. The summed E-state index contributed by atoms with van der Waals surface area (Å²) in [5, 5.41) is 0.